The zero-order chi connectivity index (χ0) is 18.5. The molecule has 26 heavy (non-hydrogen) atoms. The van der Waals surface area contributed by atoms with Crippen molar-refractivity contribution in [3.63, 3.8) is 0 Å². The fourth-order valence-corrected chi connectivity index (χ4v) is 2.46. The molecule has 1 heterocycles. The maximum Gasteiger partial charge on any atom is 0.321 e. The summed E-state index contributed by atoms with van der Waals surface area (Å²) in [6, 6.07) is 15.4. The molecule has 0 aliphatic heterocycles. The molecule has 3 rings (SSSR count). The zero-order valence-electron chi connectivity index (χ0n) is 15.2. The lowest BCUT2D eigenvalue weighted by Gasteiger charge is -2.18. The van der Waals surface area contributed by atoms with Crippen molar-refractivity contribution >= 4 is 11.7 Å². The number of nitrogens with one attached hydrogen (secondary N) is 1. The second-order valence-corrected chi connectivity index (χ2v) is 6.30. The van der Waals surface area contributed by atoms with Crippen molar-refractivity contribution in [2.24, 2.45) is 0 Å². The molecule has 134 valence electrons. The number of rotatable bonds is 5. The highest BCUT2D eigenvalue weighted by atomic mass is 16.5. The first-order valence-corrected chi connectivity index (χ1v) is 8.50. The summed E-state index contributed by atoms with van der Waals surface area (Å²) < 4.78 is 5.31. The van der Waals surface area contributed by atoms with Crippen molar-refractivity contribution in [1.82, 2.24) is 15.0 Å². The summed E-state index contributed by atoms with van der Waals surface area (Å²) in [6.45, 7) is 4.48. The normalized spacial score (nSPS) is 10.6. The van der Waals surface area contributed by atoms with Crippen LogP contribution in [0.3, 0.4) is 0 Å². The van der Waals surface area contributed by atoms with E-state index in [1.165, 1.54) is 5.56 Å². The number of carbonyl (C=O) groups is 1. The number of hydrogen-bond donors (Lipinski definition) is 1. The molecule has 0 atom stereocenters. The number of carbonyl (C=O) groups excluding carboxylic acids is 1. The standard InChI is InChI=1S/C20H22N4O2/c1-14-8-10-16(11-9-14)19-22-18(23-26-19)12-13-24(3)20(25)21-17-7-5-4-6-15(17)2/h4-11H,12-13H2,1-3H3,(H,21,25). The van der Waals surface area contributed by atoms with Crippen LogP contribution in [0.2, 0.25) is 0 Å². The minimum absolute atomic E-state index is 0.165. The Morgan fingerprint density at radius 2 is 1.85 bits per heavy atom. The van der Waals surface area contributed by atoms with Gasteiger partial charge in [0.1, 0.15) is 0 Å². The summed E-state index contributed by atoms with van der Waals surface area (Å²) in [5, 5.41) is 6.91. The highest BCUT2D eigenvalue weighted by Gasteiger charge is 2.13. The monoisotopic (exact) mass is 350 g/mol. The van der Waals surface area contributed by atoms with E-state index < -0.39 is 0 Å². The van der Waals surface area contributed by atoms with Gasteiger partial charge in [0.25, 0.3) is 5.89 Å². The summed E-state index contributed by atoms with van der Waals surface area (Å²) in [5.41, 5.74) is 3.90. The van der Waals surface area contributed by atoms with Crippen LogP contribution in [0.15, 0.2) is 53.1 Å². The van der Waals surface area contributed by atoms with Crippen LogP contribution in [0.5, 0.6) is 0 Å². The van der Waals surface area contributed by atoms with Crippen LogP contribution < -0.4 is 5.32 Å². The van der Waals surface area contributed by atoms with Crippen molar-refractivity contribution in [2.75, 3.05) is 18.9 Å². The number of urea groups is 1. The van der Waals surface area contributed by atoms with Gasteiger partial charge < -0.3 is 14.7 Å². The average Bonchev–Trinajstić information content (AvgIpc) is 3.11. The second-order valence-electron chi connectivity index (χ2n) is 6.30. The summed E-state index contributed by atoms with van der Waals surface area (Å²) in [6.07, 6.45) is 0.521. The topological polar surface area (TPSA) is 71.3 Å². The molecular formula is C20H22N4O2. The first kappa shape index (κ1) is 17.7. The Labute approximate surface area is 152 Å². The molecule has 0 unspecified atom stereocenters. The average molecular weight is 350 g/mol. The van der Waals surface area contributed by atoms with Crippen molar-refractivity contribution in [2.45, 2.75) is 20.3 Å². The molecule has 0 radical (unpaired) electrons. The van der Waals surface area contributed by atoms with E-state index in [-0.39, 0.29) is 6.03 Å². The fourth-order valence-electron chi connectivity index (χ4n) is 2.46. The quantitative estimate of drug-likeness (QED) is 0.753. The fraction of sp³-hybridized carbons (Fsp3) is 0.250. The van der Waals surface area contributed by atoms with Gasteiger partial charge >= 0.3 is 6.03 Å². The van der Waals surface area contributed by atoms with Gasteiger partial charge in [-0.3, -0.25) is 0 Å². The number of para-hydroxylation sites is 1. The molecule has 2 amide bonds. The highest BCUT2D eigenvalue weighted by molar-refractivity contribution is 5.89. The van der Waals surface area contributed by atoms with E-state index >= 15 is 0 Å². The second kappa shape index (κ2) is 7.82. The number of nitrogens with zero attached hydrogens (tertiary/aromatic N) is 3. The van der Waals surface area contributed by atoms with E-state index in [1.54, 1.807) is 11.9 Å². The third kappa shape index (κ3) is 4.27. The number of anilines is 1. The molecule has 0 bridgehead atoms. The van der Waals surface area contributed by atoms with E-state index in [0.29, 0.717) is 24.7 Å². The predicted molar refractivity (Wildman–Crippen MR) is 101 cm³/mol. The molecule has 6 nitrogen and oxygen atoms in total. The van der Waals surface area contributed by atoms with Gasteiger partial charge in [0, 0.05) is 31.3 Å². The molecule has 1 N–H and O–H groups in total. The molecule has 0 saturated carbocycles. The lowest BCUT2D eigenvalue weighted by molar-refractivity contribution is 0.222. The van der Waals surface area contributed by atoms with Crippen molar-refractivity contribution in [3.05, 3.63) is 65.5 Å². The van der Waals surface area contributed by atoms with Gasteiger partial charge in [-0.1, -0.05) is 41.1 Å². The smallest absolute Gasteiger partial charge is 0.321 e. The maximum atomic E-state index is 12.3. The lowest BCUT2D eigenvalue weighted by Crippen LogP contribution is -2.33. The molecule has 2 aromatic carbocycles. The molecule has 1 aromatic heterocycles. The van der Waals surface area contributed by atoms with Gasteiger partial charge in [0.2, 0.25) is 0 Å². The van der Waals surface area contributed by atoms with Crippen LogP contribution in [-0.4, -0.2) is 34.7 Å². The predicted octanol–water partition coefficient (Wildman–Crippen LogP) is 4.06. The molecule has 0 fully saturated rings. The van der Waals surface area contributed by atoms with Crippen LogP contribution in [0.1, 0.15) is 17.0 Å². The Kier molecular flexibility index (Phi) is 5.31. The Morgan fingerprint density at radius 3 is 2.58 bits per heavy atom. The SMILES string of the molecule is Cc1ccc(-c2nc(CCN(C)C(=O)Nc3ccccc3C)no2)cc1. The van der Waals surface area contributed by atoms with Gasteiger partial charge in [-0.2, -0.15) is 4.98 Å². The van der Waals surface area contributed by atoms with Gasteiger partial charge in [0.15, 0.2) is 5.82 Å². The first-order chi connectivity index (χ1) is 12.5. The van der Waals surface area contributed by atoms with Crippen molar-refractivity contribution < 1.29 is 9.32 Å². The number of aromatic nitrogens is 2. The number of amides is 2. The van der Waals surface area contributed by atoms with Crippen LogP contribution in [-0.2, 0) is 6.42 Å². The Balaban J connectivity index is 1.56. The number of benzene rings is 2. The molecule has 0 spiro atoms. The summed E-state index contributed by atoms with van der Waals surface area (Å²) in [7, 11) is 1.74. The number of aryl methyl sites for hydroxylation is 2. The van der Waals surface area contributed by atoms with E-state index in [1.807, 2.05) is 62.4 Å². The molecule has 3 aromatic rings. The molecule has 0 aliphatic carbocycles. The van der Waals surface area contributed by atoms with Crippen LogP contribution >= 0.6 is 0 Å². The molecule has 6 heteroatoms. The van der Waals surface area contributed by atoms with Crippen LogP contribution in [0.4, 0.5) is 10.5 Å². The van der Waals surface area contributed by atoms with Gasteiger partial charge in [-0.05, 0) is 37.6 Å². The van der Waals surface area contributed by atoms with E-state index in [4.69, 9.17) is 4.52 Å². The van der Waals surface area contributed by atoms with E-state index in [2.05, 4.69) is 15.5 Å². The third-order valence-corrected chi connectivity index (χ3v) is 4.17. The zero-order valence-corrected chi connectivity index (χ0v) is 15.2. The minimum atomic E-state index is -0.165. The largest absolute Gasteiger partial charge is 0.334 e. The molecule has 0 saturated heterocycles. The van der Waals surface area contributed by atoms with Crippen LogP contribution in [0.25, 0.3) is 11.5 Å². The van der Waals surface area contributed by atoms with Crippen molar-refractivity contribution in [3.8, 4) is 11.5 Å². The van der Waals surface area contributed by atoms with E-state index in [0.717, 1.165) is 16.8 Å². The minimum Gasteiger partial charge on any atom is -0.334 e. The molecular weight excluding hydrogens is 328 g/mol. The van der Waals surface area contributed by atoms with E-state index in [9.17, 15) is 4.79 Å². The maximum absolute atomic E-state index is 12.3. The van der Waals surface area contributed by atoms with Gasteiger partial charge in [0.05, 0.1) is 0 Å². The summed E-state index contributed by atoms with van der Waals surface area (Å²) in [5.74, 6) is 1.07. The first-order valence-electron chi connectivity index (χ1n) is 8.50. The summed E-state index contributed by atoms with van der Waals surface area (Å²) >= 11 is 0. The molecule has 0 aliphatic rings. The lowest BCUT2D eigenvalue weighted by atomic mass is 10.1. The van der Waals surface area contributed by atoms with Crippen LogP contribution in [0, 0.1) is 13.8 Å². The number of hydrogen-bond acceptors (Lipinski definition) is 4. The third-order valence-electron chi connectivity index (χ3n) is 4.17. The van der Waals surface area contributed by atoms with Gasteiger partial charge in [-0.15, -0.1) is 0 Å². The Hall–Kier alpha value is -3.15. The Bertz CT molecular complexity index is 887. The number of likely N-dealkylation sites (N-methyl/N-ethyl adjacent to an activating group) is 1. The van der Waals surface area contributed by atoms with Crippen molar-refractivity contribution in [1.29, 1.82) is 0 Å². The highest BCUT2D eigenvalue weighted by Crippen LogP contribution is 2.18. The Morgan fingerprint density at radius 1 is 1.12 bits per heavy atom. The van der Waals surface area contributed by atoms with Gasteiger partial charge in [-0.25, -0.2) is 4.79 Å². The summed E-state index contributed by atoms with van der Waals surface area (Å²) in [4.78, 5) is 18.3.